The van der Waals surface area contributed by atoms with Crippen LogP contribution < -0.4 is 10.6 Å². The van der Waals surface area contributed by atoms with Gasteiger partial charge in [-0.25, -0.2) is 9.78 Å². The molecule has 2 aromatic heterocycles. The molecule has 15 heteroatoms. The molecule has 0 atom stereocenters. The Morgan fingerprint density at radius 2 is 1.80 bits per heavy atom. The molecule has 0 fully saturated rings. The number of nitrogens with zero attached hydrogens (tertiary/aromatic N) is 3. The summed E-state index contributed by atoms with van der Waals surface area (Å²) in [5.41, 5.74) is -0.479. The number of carbonyl (C=O) groups is 4. The number of anilines is 1. The number of pyridine rings is 1. The molecule has 2 aromatic rings. The molecule has 3 N–H and O–H groups in total. The van der Waals surface area contributed by atoms with E-state index in [1.165, 1.54) is 24.1 Å². The van der Waals surface area contributed by atoms with Crippen LogP contribution in [-0.4, -0.2) is 102 Å². The molecule has 2 heterocycles. The maximum atomic E-state index is 12.7. The number of nitrogens with one attached hydrogen (secondary N) is 3. The molecule has 0 saturated carbocycles. The van der Waals surface area contributed by atoms with Crippen molar-refractivity contribution in [1.82, 2.24) is 25.0 Å². The van der Waals surface area contributed by atoms with E-state index in [0.717, 1.165) is 0 Å². The number of H-pyrrole nitrogens is 1. The van der Waals surface area contributed by atoms with E-state index in [1.807, 2.05) is 0 Å². The molecule has 0 spiro atoms. The van der Waals surface area contributed by atoms with Gasteiger partial charge in [0.2, 0.25) is 5.91 Å². The van der Waals surface area contributed by atoms with Gasteiger partial charge in [0.05, 0.1) is 52.2 Å². The van der Waals surface area contributed by atoms with Crippen molar-refractivity contribution in [3.63, 3.8) is 0 Å². The fourth-order valence-electron chi connectivity index (χ4n) is 3.03. The highest BCUT2D eigenvalue weighted by Gasteiger charge is 2.24. The van der Waals surface area contributed by atoms with Crippen LogP contribution >= 0.6 is 11.6 Å². The van der Waals surface area contributed by atoms with Crippen LogP contribution in [0.25, 0.3) is 0 Å². The summed E-state index contributed by atoms with van der Waals surface area (Å²) in [5.74, 6) is -1.32. The summed E-state index contributed by atoms with van der Waals surface area (Å²) < 4.78 is 22.3. The van der Waals surface area contributed by atoms with Crippen molar-refractivity contribution in [2.75, 3.05) is 58.5 Å². The highest BCUT2D eigenvalue weighted by Crippen LogP contribution is 2.20. The standard InChI is InChI=1S/C25H37ClN6O8/c1-25(2,3)40-24(36)31(11-12-32-10-8-28-32)17-20(33)29-18-5-6-19(30-22(18)26)23(35)27-9-14-39-16-15-38-13-7-21(34)37-4/h5-6,8,10,28H,7,9,11-17H2,1-4H3,(H,27,35)(H,29,33). The highest BCUT2D eigenvalue weighted by molar-refractivity contribution is 6.32. The molecule has 0 aromatic carbocycles. The number of halogens is 1. The second kappa shape index (κ2) is 16.5. The summed E-state index contributed by atoms with van der Waals surface area (Å²) in [6.07, 6.45) is 3.09. The molecule has 14 nitrogen and oxygen atoms in total. The van der Waals surface area contributed by atoms with E-state index in [4.69, 9.17) is 25.8 Å². The van der Waals surface area contributed by atoms with Crippen molar-refractivity contribution in [3.8, 4) is 0 Å². The van der Waals surface area contributed by atoms with Gasteiger partial charge >= 0.3 is 12.1 Å². The number of aromatic amines is 1. The van der Waals surface area contributed by atoms with E-state index < -0.39 is 23.5 Å². The Balaban J connectivity index is 1.78. The second-order valence-corrected chi connectivity index (χ2v) is 9.79. The number of ether oxygens (including phenoxy) is 4. The lowest BCUT2D eigenvalue weighted by molar-refractivity contribution is -0.142. The van der Waals surface area contributed by atoms with E-state index >= 15 is 0 Å². The highest BCUT2D eigenvalue weighted by atomic mass is 35.5. The molecule has 0 aliphatic carbocycles. The summed E-state index contributed by atoms with van der Waals surface area (Å²) in [6.45, 7) is 6.94. The monoisotopic (exact) mass is 584 g/mol. The minimum Gasteiger partial charge on any atom is -0.469 e. The third kappa shape index (κ3) is 12.5. The maximum Gasteiger partial charge on any atom is 0.410 e. The predicted molar refractivity (Wildman–Crippen MR) is 145 cm³/mol. The van der Waals surface area contributed by atoms with Crippen LogP contribution in [-0.2, 0) is 35.1 Å². The van der Waals surface area contributed by atoms with Crippen LogP contribution in [0.15, 0.2) is 24.5 Å². The fraction of sp³-hybridized carbons (Fsp3) is 0.560. The zero-order valence-corrected chi connectivity index (χ0v) is 23.9. The van der Waals surface area contributed by atoms with Crippen LogP contribution in [0, 0.1) is 0 Å². The molecule has 222 valence electrons. The lowest BCUT2D eigenvalue weighted by atomic mass is 10.2. The molecule has 0 radical (unpaired) electrons. The van der Waals surface area contributed by atoms with Gasteiger partial charge in [-0.15, -0.1) is 0 Å². The number of aromatic nitrogens is 3. The Labute approximate surface area is 237 Å². The number of esters is 1. The molecule has 0 saturated heterocycles. The predicted octanol–water partition coefficient (Wildman–Crippen LogP) is 2.07. The first-order valence-corrected chi connectivity index (χ1v) is 13.0. The van der Waals surface area contributed by atoms with Gasteiger partial charge in [-0.3, -0.25) is 24.0 Å². The average molecular weight is 585 g/mol. The minimum absolute atomic E-state index is 0.0552. The first-order valence-electron chi connectivity index (χ1n) is 12.6. The lowest BCUT2D eigenvalue weighted by Gasteiger charge is -2.27. The quantitative estimate of drug-likeness (QED) is 0.152. The van der Waals surface area contributed by atoms with Crippen molar-refractivity contribution < 1.29 is 38.1 Å². The van der Waals surface area contributed by atoms with Crippen molar-refractivity contribution >= 4 is 41.2 Å². The Kier molecular flexibility index (Phi) is 13.4. The number of hydrogen-bond donors (Lipinski definition) is 3. The van der Waals surface area contributed by atoms with E-state index in [1.54, 1.807) is 37.8 Å². The van der Waals surface area contributed by atoms with Crippen LogP contribution in [0.3, 0.4) is 0 Å². The van der Waals surface area contributed by atoms with Crippen molar-refractivity contribution in [1.29, 1.82) is 0 Å². The zero-order valence-electron chi connectivity index (χ0n) is 23.2. The van der Waals surface area contributed by atoms with E-state index in [2.05, 4.69) is 25.5 Å². The fourth-order valence-corrected chi connectivity index (χ4v) is 3.23. The summed E-state index contributed by atoms with van der Waals surface area (Å²) in [6, 6.07) is 2.87. The van der Waals surface area contributed by atoms with Crippen LogP contribution in [0.1, 0.15) is 37.7 Å². The topological polar surface area (TPSA) is 166 Å². The van der Waals surface area contributed by atoms with Gasteiger partial charge in [-0.05, 0) is 32.9 Å². The van der Waals surface area contributed by atoms with E-state index in [-0.39, 0.29) is 61.8 Å². The number of amides is 3. The van der Waals surface area contributed by atoms with E-state index in [0.29, 0.717) is 19.8 Å². The third-order valence-electron chi connectivity index (χ3n) is 5.03. The van der Waals surface area contributed by atoms with Gasteiger partial charge in [-0.1, -0.05) is 11.6 Å². The number of methoxy groups -OCH3 is 1. The molecule has 0 aliphatic heterocycles. The number of carbonyl (C=O) groups excluding carboxylic acids is 4. The third-order valence-corrected chi connectivity index (χ3v) is 5.32. The molecule has 40 heavy (non-hydrogen) atoms. The average Bonchev–Trinajstić information content (AvgIpc) is 2.85. The van der Waals surface area contributed by atoms with Gasteiger partial charge in [0, 0.05) is 25.5 Å². The first kappa shape index (κ1) is 32.6. The molecule has 2 rings (SSSR count). The van der Waals surface area contributed by atoms with Crippen LogP contribution in [0.2, 0.25) is 5.15 Å². The Bertz CT molecular complexity index is 1100. The minimum atomic E-state index is -0.725. The second-order valence-electron chi connectivity index (χ2n) is 9.43. The summed E-state index contributed by atoms with van der Waals surface area (Å²) >= 11 is 6.20. The van der Waals surface area contributed by atoms with Gasteiger partial charge < -0.3 is 34.7 Å². The summed E-state index contributed by atoms with van der Waals surface area (Å²) in [7, 11) is 1.31. The Hall–Kier alpha value is -3.62. The molecular formula is C25H37ClN6O8. The van der Waals surface area contributed by atoms with Crippen molar-refractivity contribution in [3.05, 3.63) is 35.4 Å². The molecule has 0 bridgehead atoms. The summed E-state index contributed by atoms with van der Waals surface area (Å²) in [4.78, 5) is 54.0. The van der Waals surface area contributed by atoms with Crippen LogP contribution in [0.4, 0.5) is 10.5 Å². The number of hydrogen-bond acceptors (Lipinski definition) is 9. The molecule has 3 amide bonds. The van der Waals surface area contributed by atoms with Crippen LogP contribution in [0.5, 0.6) is 0 Å². The number of rotatable bonds is 16. The zero-order chi connectivity index (χ0) is 29.5. The maximum absolute atomic E-state index is 12.7. The smallest absolute Gasteiger partial charge is 0.410 e. The van der Waals surface area contributed by atoms with Gasteiger partial charge in [0.1, 0.15) is 17.8 Å². The molecule has 0 aliphatic rings. The van der Waals surface area contributed by atoms with Gasteiger partial charge in [-0.2, -0.15) is 0 Å². The Morgan fingerprint density at radius 1 is 1.10 bits per heavy atom. The van der Waals surface area contributed by atoms with Crippen molar-refractivity contribution in [2.24, 2.45) is 0 Å². The largest absolute Gasteiger partial charge is 0.469 e. The lowest BCUT2D eigenvalue weighted by Crippen LogP contribution is -2.43. The van der Waals surface area contributed by atoms with Gasteiger partial charge in [0.15, 0.2) is 5.15 Å². The first-order chi connectivity index (χ1) is 19.0. The SMILES string of the molecule is COC(=O)CCOCCOCCNC(=O)c1ccc(NC(=O)CN(CCn2cc[nH]2)C(=O)OC(C)(C)C)c(Cl)n1. The van der Waals surface area contributed by atoms with Gasteiger partial charge in [0.25, 0.3) is 5.91 Å². The summed E-state index contributed by atoms with van der Waals surface area (Å²) in [5, 5.41) is 8.11. The normalized spacial score (nSPS) is 11.1. The molecular weight excluding hydrogens is 548 g/mol. The van der Waals surface area contributed by atoms with E-state index in [9.17, 15) is 19.2 Å². The molecule has 0 unspecified atom stereocenters. The Morgan fingerprint density at radius 3 is 2.40 bits per heavy atom. The van der Waals surface area contributed by atoms with Crippen molar-refractivity contribution in [2.45, 2.75) is 39.3 Å².